The van der Waals surface area contributed by atoms with Crippen molar-refractivity contribution in [3.8, 4) is 67.8 Å². The average molecular weight is 2840 g/mol. The Kier molecular flexibility index (Phi) is 39.9. The largest absolute Gasteiger partial charge is 0.528 e. The Labute approximate surface area is 920 Å². The molecule has 0 atom stereocenters. The van der Waals surface area contributed by atoms with Crippen molar-refractivity contribution in [2.75, 3.05) is 64.9 Å². The van der Waals surface area contributed by atoms with Gasteiger partial charge in [0, 0.05) is 186 Å². The number of aromatic nitrogens is 5. The maximum atomic E-state index is 14.4. The van der Waals surface area contributed by atoms with Gasteiger partial charge in [-0.2, -0.15) is 185 Å². The van der Waals surface area contributed by atoms with E-state index >= 15 is 0 Å². The van der Waals surface area contributed by atoms with Crippen LogP contribution in [0.25, 0.3) is 56.3 Å². The number of halogens is 6. The predicted molar refractivity (Wildman–Crippen MR) is 537 cm³/mol. The second-order valence-corrected chi connectivity index (χ2v) is 35.7. The van der Waals surface area contributed by atoms with E-state index in [2.05, 4.69) is 204 Å². The second-order valence-electron chi connectivity index (χ2n) is 35.7. The summed E-state index contributed by atoms with van der Waals surface area (Å²) in [5, 5.41) is 0. The van der Waals surface area contributed by atoms with Crippen molar-refractivity contribution in [1.82, 2.24) is 49.4 Å². The Hall–Kier alpha value is -11.9. The first-order valence-corrected chi connectivity index (χ1v) is 45.5. The molecule has 0 unspecified atom stereocenters. The summed E-state index contributed by atoms with van der Waals surface area (Å²) in [6.45, 7) is 34.7. The Bertz CT molecular complexity index is 6820. The number of pyridine rings is 5. The van der Waals surface area contributed by atoms with Gasteiger partial charge in [0.15, 0.2) is 0 Å². The predicted octanol–water partition coefficient (Wildman–Crippen LogP) is 24.9. The zero-order chi connectivity index (χ0) is 98.3. The molecule has 10 heterocycles. The summed E-state index contributed by atoms with van der Waals surface area (Å²) in [5.41, 5.74) is 12.5. The molecule has 0 saturated carbocycles. The number of methoxy groups -OCH3 is 2. The van der Waals surface area contributed by atoms with E-state index < -0.39 is 51.5 Å². The van der Waals surface area contributed by atoms with E-state index in [0.29, 0.717) is 40.0 Å². The van der Waals surface area contributed by atoms with Gasteiger partial charge in [-0.25, -0.2) is 0 Å². The van der Waals surface area contributed by atoms with Crippen LogP contribution in [0.5, 0.6) is 11.5 Å². The summed E-state index contributed by atoms with van der Waals surface area (Å²) in [6, 6.07) is 116. The van der Waals surface area contributed by atoms with Crippen LogP contribution >= 0.6 is 0 Å². The minimum atomic E-state index is -0.724. The molecule has 0 aliphatic carbocycles. The molecule has 0 radical (unpaired) electrons. The van der Waals surface area contributed by atoms with Crippen LogP contribution in [-0.2, 0) is 133 Å². The summed E-state index contributed by atoms with van der Waals surface area (Å²) in [4.78, 5) is 45.0. The summed E-state index contributed by atoms with van der Waals surface area (Å²) < 4.78 is 93.6. The first-order chi connectivity index (χ1) is 67.5. The fourth-order valence-electron chi connectivity index (χ4n) is 16.1. The molecule has 20 rings (SSSR count). The first-order valence-electron chi connectivity index (χ1n) is 45.5. The van der Waals surface area contributed by atoms with Crippen LogP contribution in [0.4, 0.5) is 54.8 Å². The minimum Gasteiger partial charge on any atom is -0.528 e. The second kappa shape index (κ2) is 51.0. The van der Waals surface area contributed by atoms with Crippen molar-refractivity contribution in [1.29, 1.82) is 0 Å². The van der Waals surface area contributed by atoms with Gasteiger partial charge >= 0.3 is 0 Å². The van der Waals surface area contributed by atoms with Crippen LogP contribution in [0.2, 0.25) is 0 Å². The molecule has 0 spiro atoms. The van der Waals surface area contributed by atoms with Crippen LogP contribution in [0.1, 0.15) is 97.7 Å². The fraction of sp³-hybridized carbons (Fsp3) is 0.179. The van der Waals surface area contributed by atoms with E-state index in [0.717, 1.165) is 131 Å². The normalized spacial score (nSPS) is 13.9. The standard InChI is InChI=1S/C24H22F2N3O.C24H20F2N3O.C23H18F2N3.C23H22N3.C23H20N3.5Pt/c2*1-24(2,29-12-11-28(16-29)18-7-5-4-6-8-18)23-15-19(30-3)14-22(27-23)20-10-9-17(25)13-21(20)26;1-23(2,28-14-13-27(16-28)18-7-4-3-5-8-18)22-10-6-9-21(26-22)19-12-11-17(24)15-20(19)25;2*1-23(2,26-17-16-25(18-26)20-12-7-4-8-13-20)22-15-9-14-21(24-22)19-10-5-3-6-11-19;;;;;/h4-7,9,13-16H,11-12H2,1-3H3;4-7,9,11-16H,1-3H3;3-7,9-11,13-16H,1-2H3;3-10,12,14-15,18H,16-17H2,1-2H3;3-10,12,14-18H,1-2H3;;;;;/q5*-3;;;;;. The van der Waals surface area contributed by atoms with Gasteiger partial charge in [0.2, 0.25) is 0 Å². The number of nitrogens with zero attached hydrogens (tertiary/aromatic N) is 15. The molecule has 0 amide bonds. The number of hydrogen-bond donors (Lipinski definition) is 0. The Morgan fingerprint density at radius 3 is 0.869 bits per heavy atom. The topological polar surface area (TPSA) is 115 Å². The van der Waals surface area contributed by atoms with Crippen LogP contribution in [0.15, 0.2) is 322 Å². The number of para-hydroxylation sites is 5. The van der Waals surface area contributed by atoms with Crippen molar-refractivity contribution in [3.05, 3.63) is 480 Å². The van der Waals surface area contributed by atoms with Crippen molar-refractivity contribution in [3.63, 3.8) is 0 Å². The summed E-state index contributed by atoms with van der Waals surface area (Å²) in [6.07, 6.45) is 11.9. The first kappa shape index (κ1) is 113. The van der Waals surface area contributed by atoms with E-state index in [1.54, 1.807) is 25.3 Å². The number of hydrogen-bond acceptors (Lipinski definition) is 17. The maximum absolute atomic E-state index is 14.4. The van der Waals surface area contributed by atoms with Gasteiger partial charge < -0.3 is 58.5 Å². The molecule has 5 aliphatic rings. The molecule has 764 valence electrons. The van der Waals surface area contributed by atoms with Gasteiger partial charge in [-0.15, -0.1) is 137 Å². The zero-order valence-electron chi connectivity index (χ0n) is 81.2. The van der Waals surface area contributed by atoms with Crippen LogP contribution in [0.3, 0.4) is 0 Å². The molecule has 145 heavy (non-hydrogen) atoms. The molecule has 17 nitrogen and oxygen atoms in total. The van der Waals surface area contributed by atoms with E-state index in [1.165, 1.54) is 7.11 Å². The molecule has 2 saturated heterocycles. The van der Waals surface area contributed by atoms with E-state index in [1.807, 2.05) is 286 Å². The SMILES string of the molecule is CC(C)(c1cccc(-c2[c-]cc(F)cc2F)n1)N1C=CN(c2[c-]cccc2)[CH-]1.CC(C)(c1cccc(-c2[c-]cccc2)n1)N1C=CN(c2[c-]cccc2)[CH-]1.CC(C)(c1cccc(-c2[c-]cccc2)n1)N1[CH-]N(c2[c-]cccc2)CC1.COc1cc(-c2[c-]cc(F)cc2F)nc(C(C)(C)N2C=CN(c3[c-]cccc3)[CH-]2)c1.COc1cc(-c2[c-]cc(F)cc2F)nc(C(C)(C)N2[CH-]N(c3[c-]cccc3)CC2)c1.[Pt].[Pt].[Pt].[Pt].[Pt]. The van der Waals surface area contributed by atoms with Crippen molar-refractivity contribution < 1.29 is 141 Å². The smallest absolute Gasteiger partial charge is 0.113 e. The molecule has 28 heteroatoms. The Morgan fingerprint density at radius 1 is 0.269 bits per heavy atom. The summed E-state index contributed by atoms with van der Waals surface area (Å²) in [5.74, 6) is -3.06. The van der Waals surface area contributed by atoms with Crippen molar-refractivity contribution in [2.24, 2.45) is 0 Å². The molecule has 10 aromatic carbocycles. The molecule has 5 aromatic heterocycles. The van der Waals surface area contributed by atoms with E-state index in [9.17, 15) is 26.3 Å². The van der Waals surface area contributed by atoms with Gasteiger partial charge in [0.05, 0.1) is 37.0 Å². The van der Waals surface area contributed by atoms with E-state index in [4.69, 9.17) is 24.4 Å². The fourth-order valence-corrected chi connectivity index (χ4v) is 16.1. The average Bonchev–Trinajstić information content (AvgIpc) is 1.70. The quantitative estimate of drug-likeness (QED) is 0.0473. The van der Waals surface area contributed by atoms with Crippen molar-refractivity contribution >= 4 is 28.4 Å². The molecule has 0 bridgehead atoms. The van der Waals surface area contributed by atoms with Gasteiger partial charge in [-0.1, -0.05) is 71.3 Å². The third kappa shape index (κ3) is 27.3. The summed E-state index contributed by atoms with van der Waals surface area (Å²) in [7, 11) is 3.09. The molecule has 2 fully saturated rings. The van der Waals surface area contributed by atoms with Gasteiger partial charge in [-0.05, 0) is 191 Å². The zero-order valence-corrected chi connectivity index (χ0v) is 92.5. The monoisotopic (exact) mass is 2840 g/mol. The molecule has 15 aromatic rings. The Balaban J connectivity index is 0.000000171. The van der Waals surface area contributed by atoms with E-state index in [-0.39, 0.29) is 133 Å². The third-order valence-corrected chi connectivity index (χ3v) is 24.7. The number of benzene rings is 10. The van der Waals surface area contributed by atoms with Crippen LogP contribution in [0, 0.1) is 129 Å². The molecular weight excluding hydrogens is 2740 g/mol. The molecular formula is C117H102F6N15O2Pt5-15. The summed E-state index contributed by atoms with van der Waals surface area (Å²) >= 11 is 0. The third-order valence-electron chi connectivity index (χ3n) is 24.7. The molecule has 5 aliphatic heterocycles. The molecule has 0 N–H and O–H groups in total. The van der Waals surface area contributed by atoms with Crippen LogP contribution in [-0.4, -0.2) is 89.8 Å². The number of rotatable bonds is 22. The van der Waals surface area contributed by atoms with Gasteiger partial charge in [0.25, 0.3) is 0 Å². The minimum absolute atomic E-state index is 0. The number of ether oxygens (including phenoxy) is 2. The van der Waals surface area contributed by atoms with Crippen LogP contribution < -0.4 is 34.0 Å². The van der Waals surface area contributed by atoms with Gasteiger partial charge in [-0.3, -0.25) is 51.3 Å². The van der Waals surface area contributed by atoms with Crippen molar-refractivity contribution in [2.45, 2.75) is 96.9 Å². The Morgan fingerprint density at radius 2 is 0.552 bits per heavy atom. The number of anilines is 5. The van der Waals surface area contributed by atoms with Gasteiger partial charge in [0.1, 0.15) is 11.5 Å². The maximum Gasteiger partial charge on any atom is 0.113 e.